The summed E-state index contributed by atoms with van der Waals surface area (Å²) in [5.41, 5.74) is 3.96. The molecule has 9 heteroatoms. The van der Waals surface area contributed by atoms with Crippen LogP contribution in [0, 0.1) is 13.8 Å². The molecule has 0 aliphatic rings. The average molecular weight is 649 g/mol. The van der Waals surface area contributed by atoms with Crippen LogP contribution in [0.4, 0.5) is 5.69 Å². The minimum Gasteiger partial charge on any atom is -0.357 e. The second-order valence-electron chi connectivity index (χ2n) is 10.1. The summed E-state index contributed by atoms with van der Waals surface area (Å²) in [7, 11) is -2.60. The summed E-state index contributed by atoms with van der Waals surface area (Å²) in [6.07, 6.45) is 0.265. The van der Waals surface area contributed by atoms with E-state index in [-0.39, 0.29) is 23.8 Å². The number of nitrogens with zero attached hydrogens (tertiary/aromatic N) is 2. The number of aryl methyl sites for hydroxylation is 2. The topological polar surface area (TPSA) is 86.8 Å². The van der Waals surface area contributed by atoms with Gasteiger partial charge in [-0.05, 0) is 66.9 Å². The van der Waals surface area contributed by atoms with Gasteiger partial charge in [0.1, 0.15) is 12.6 Å². The van der Waals surface area contributed by atoms with Crippen LogP contribution in [0.15, 0.2) is 112 Å². The van der Waals surface area contributed by atoms with Crippen molar-refractivity contribution < 1.29 is 18.0 Å². The molecule has 0 spiro atoms. The fourth-order valence-corrected chi connectivity index (χ4v) is 6.34. The Labute approximate surface area is 256 Å². The first-order chi connectivity index (χ1) is 20.1. The summed E-state index contributed by atoms with van der Waals surface area (Å²) >= 11 is 3.40. The molecule has 4 aromatic carbocycles. The summed E-state index contributed by atoms with van der Waals surface area (Å²) in [5.74, 6) is -0.834. The number of anilines is 1. The van der Waals surface area contributed by atoms with Gasteiger partial charge in [-0.1, -0.05) is 88.2 Å². The molecule has 4 rings (SSSR count). The zero-order chi connectivity index (χ0) is 30.3. The summed E-state index contributed by atoms with van der Waals surface area (Å²) in [6.45, 7) is 3.46. The van der Waals surface area contributed by atoms with Crippen LogP contribution in [0.2, 0.25) is 0 Å². The van der Waals surface area contributed by atoms with E-state index < -0.39 is 28.5 Å². The third-order valence-electron chi connectivity index (χ3n) is 7.12. The maximum Gasteiger partial charge on any atom is 0.264 e. The molecule has 1 atom stereocenters. The molecule has 0 bridgehead atoms. The summed E-state index contributed by atoms with van der Waals surface area (Å²) < 4.78 is 29.9. The quantitative estimate of drug-likeness (QED) is 0.228. The first-order valence-corrected chi connectivity index (χ1v) is 15.8. The number of rotatable bonds is 11. The zero-order valence-corrected chi connectivity index (χ0v) is 26.2. The van der Waals surface area contributed by atoms with Gasteiger partial charge >= 0.3 is 0 Å². The van der Waals surface area contributed by atoms with Gasteiger partial charge in [-0.15, -0.1) is 0 Å². The summed E-state index contributed by atoms with van der Waals surface area (Å²) in [4.78, 5) is 29.2. The lowest BCUT2D eigenvalue weighted by Gasteiger charge is -2.34. The molecule has 218 valence electrons. The molecule has 42 heavy (non-hydrogen) atoms. The molecule has 0 aliphatic carbocycles. The van der Waals surface area contributed by atoms with Crippen molar-refractivity contribution in [2.75, 3.05) is 17.9 Å². The lowest BCUT2D eigenvalue weighted by atomic mass is 10.0. The van der Waals surface area contributed by atoms with Gasteiger partial charge in [0.05, 0.1) is 10.6 Å². The van der Waals surface area contributed by atoms with Crippen molar-refractivity contribution in [2.24, 2.45) is 0 Å². The SMILES string of the molecule is CNC(=O)[C@H](Cc1ccccc1)N(Cc1ccccc1C)C(=O)CN(c1ccc(Br)cc1)S(=O)(=O)c1ccc(C)cc1. The number of sulfonamides is 1. The second kappa shape index (κ2) is 13.8. The highest BCUT2D eigenvalue weighted by molar-refractivity contribution is 9.10. The predicted molar refractivity (Wildman–Crippen MR) is 170 cm³/mol. The highest BCUT2D eigenvalue weighted by Crippen LogP contribution is 2.27. The van der Waals surface area contributed by atoms with Crippen molar-refractivity contribution in [3.8, 4) is 0 Å². The van der Waals surface area contributed by atoms with Gasteiger partial charge in [0, 0.05) is 24.5 Å². The molecule has 7 nitrogen and oxygen atoms in total. The molecule has 0 fully saturated rings. The van der Waals surface area contributed by atoms with Gasteiger partial charge in [0.25, 0.3) is 10.0 Å². The Morgan fingerprint density at radius 1 is 0.833 bits per heavy atom. The van der Waals surface area contributed by atoms with E-state index in [2.05, 4.69) is 21.2 Å². The Hall–Kier alpha value is -3.95. The normalized spacial score (nSPS) is 11.9. The Morgan fingerprint density at radius 2 is 1.45 bits per heavy atom. The largest absolute Gasteiger partial charge is 0.357 e. The Kier molecular flexibility index (Phi) is 10.2. The van der Waals surface area contributed by atoms with Gasteiger partial charge in [0.2, 0.25) is 11.8 Å². The van der Waals surface area contributed by atoms with Gasteiger partial charge in [-0.2, -0.15) is 0 Å². The number of carbonyl (C=O) groups is 2. The van der Waals surface area contributed by atoms with E-state index in [1.54, 1.807) is 36.4 Å². The third-order valence-corrected chi connectivity index (χ3v) is 9.44. The molecule has 0 aliphatic heterocycles. The van der Waals surface area contributed by atoms with Crippen LogP contribution in [0.5, 0.6) is 0 Å². The van der Waals surface area contributed by atoms with Gasteiger partial charge < -0.3 is 10.2 Å². The molecule has 0 saturated carbocycles. The molecule has 0 unspecified atom stereocenters. The van der Waals surface area contributed by atoms with E-state index in [1.807, 2.05) is 68.4 Å². The van der Waals surface area contributed by atoms with Crippen LogP contribution in [0.3, 0.4) is 0 Å². The number of likely N-dealkylation sites (N-methyl/N-ethyl adjacent to an activating group) is 1. The number of carbonyl (C=O) groups excluding carboxylic acids is 2. The third kappa shape index (κ3) is 7.46. The highest BCUT2D eigenvalue weighted by Gasteiger charge is 2.34. The molecule has 0 heterocycles. The van der Waals surface area contributed by atoms with Crippen molar-refractivity contribution in [3.05, 3.63) is 130 Å². The van der Waals surface area contributed by atoms with E-state index in [0.717, 1.165) is 31.0 Å². The fourth-order valence-electron chi connectivity index (χ4n) is 4.67. The summed E-state index contributed by atoms with van der Waals surface area (Å²) in [6, 6.07) is 29.5. The maximum absolute atomic E-state index is 14.3. The standard InChI is InChI=1S/C33H34BrN3O4S/c1-24-13-19-30(20-14-24)42(40,41)37(29-17-15-28(34)16-18-29)23-32(38)36(22-27-12-8-7-9-25(27)2)31(33(39)35-3)21-26-10-5-4-6-11-26/h4-20,31H,21-23H2,1-3H3,(H,35,39)/t31-/m0/s1. The molecule has 0 radical (unpaired) electrons. The number of hydrogen-bond donors (Lipinski definition) is 1. The average Bonchev–Trinajstić information content (AvgIpc) is 2.99. The van der Waals surface area contributed by atoms with Crippen LogP contribution in [-0.2, 0) is 32.6 Å². The smallest absolute Gasteiger partial charge is 0.264 e. The lowest BCUT2D eigenvalue weighted by Crippen LogP contribution is -2.53. The molecular weight excluding hydrogens is 614 g/mol. The second-order valence-corrected chi connectivity index (χ2v) is 12.8. The van der Waals surface area contributed by atoms with E-state index in [1.165, 1.54) is 24.1 Å². The molecule has 1 N–H and O–H groups in total. The van der Waals surface area contributed by atoms with Crippen molar-refractivity contribution >= 4 is 43.5 Å². The molecule has 2 amide bonds. The van der Waals surface area contributed by atoms with Crippen molar-refractivity contribution in [2.45, 2.75) is 37.8 Å². The number of halogens is 1. The van der Waals surface area contributed by atoms with Crippen molar-refractivity contribution in [3.63, 3.8) is 0 Å². The monoisotopic (exact) mass is 647 g/mol. The number of benzene rings is 4. The minimum atomic E-state index is -4.13. The van der Waals surface area contributed by atoms with Crippen LogP contribution >= 0.6 is 15.9 Å². The number of hydrogen-bond acceptors (Lipinski definition) is 4. The molecule has 4 aromatic rings. The molecule has 0 saturated heterocycles. The lowest BCUT2D eigenvalue weighted by molar-refractivity contribution is -0.139. The Morgan fingerprint density at radius 3 is 2.07 bits per heavy atom. The zero-order valence-electron chi connectivity index (χ0n) is 23.8. The van der Waals surface area contributed by atoms with Crippen LogP contribution in [0.25, 0.3) is 0 Å². The van der Waals surface area contributed by atoms with Crippen molar-refractivity contribution in [1.29, 1.82) is 0 Å². The van der Waals surface area contributed by atoms with E-state index in [4.69, 9.17) is 0 Å². The van der Waals surface area contributed by atoms with Gasteiger partial charge in [-0.25, -0.2) is 8.42 Å². The first-order valence-electron chi connectivity index (χ1n) is 13.5. The summed E-state index contributed by atoms with van der Waals surface area (Å²) in [5, 5.41) is 2.70. The number of amides is 2. The minimum absolute atomic E-state index is 0.0707. The van der Waals surface area contributed by atoms with E-state index in [9.17, 15) is 18.0 Å². The predicted octanol–water partition coefficient (Wildman–Crippen LogP) is 5.65. The van der Waals surface area contributed by atoms with Crippen LogP contribution in [-0.4, -0.2) is 44.8 Å². The molecular formula is C33H34BrN3O4S. The van der Waals surface area contributed by atoms with Crippen LogP contribution in [0.1, 0.15) is 22.3 Å². The van der Waals surface area contributed by atoms with E-state index >= 15 is 0 Å². The van der Waals surface area contributed by atoms with E-state index in [0.29, 0.717) is 5.69 Å². The Balaban J connectivity index is 1.79. The van der Waals surface area contributed by atoms with Gasteiger partial charge in [0.15, 0.2) is 0 Å². The maximum atomic E-state index is 14.3. The van der Waals surface area contributed by atoms with Crippen molar-refractivity contribution in [1.82, 2.24) is 10.2 Å². The molecule has 0 aromatic heterocycles. The van der Waals surface area contributed by atoms with Gasteiger partial charge in [-0.3, -0.25) is 13.9 Å². The fraction of sp³-hybridized carbons (Fsp3) is 0.212. The van der Waals surface area contributed by atoms with Crippen LogP contribution < -0.4 is 9.62 Å². The number of nitrogens with one attached hydrogen (secondary N) is 1. The Bertz CT molecular complexity index is 1630. The first kappa shape index (κ1) is 31.0. The highest BCUT2D eigenvalue weighted by atomic mass is 79.9.